The molecule has 0 N–H and O–H groups in total. The van der Waals surface area contributed by atoms with Gasteiger partial charge in [0.15, 0.2) is 0 Å². The Bertz CT molecular complexity index is 405. The van der Waals surface area contributed by atoms with E-state index in [1.807, 2.05) is 39.2 Å². The molecule has 1 amide bonds. The van der Waals surface area contributed by atoms with Crippen LogP contribution in [0.15, 0.2) is 24.3 Å². The van der Waals surface area contributed by atoms with Crippen LogP contribution in [0, 0.1) is 0 Å². The highest BCUT2D eigenvalue weighted by Gasteiger charge is 2.15. The summed E-state index contributed by atoms with van der Waals surface area (Å²) in [6, 6.07) is 8.30. The molecule has 0 heterocycles. The summed E-state index contributed by atoms with van der Waals surface area (Å²) in [5.74, 6) is 0. The Morgan fingerprint density at radius 3 is 2.56 bits per heavy atom. The Morgan fingerprint density at radius 2 is 2.06 bits per heavy atom. The normalized spacial score (nSPS) is 12.3. The largest absolute Gasteiger partial charge is 0.452 e. The van der Waals surface area contributed by atoms with Crippen molar-refractivity contribution in [1.82, 2.24) is 4.90 Å². The molecule has 1 aromatic carbocycles. The van der Waals surface area contributed by atoms with Gasteiger partial charge in [-0.05, 0) is 45.6 Å². The Labute approximate surface area is 109 Å². The molecule has 0 aliphatic heterocycles. The first-order valence-corrected chi connectivity index (χ1v) is 6.13. The molecule has 0 fully saturated rings. The molecule has 100 valence electrons. The third kappa shape index (κ3) is 3.23. The number of nitrogens with zero attached hydrogens (tertiary/aromatic N) is 2. The van der Waals surface area contributed by atoms with Gasteiger partial charge in [0.25, 0.3) is 0 Å². The van der Waals surface area contributed by atoms with E-state index in [-0.39, 0.29) is 6.09 Å². The number of anilines is 1. The van der Waals surface area contributed by atoms with E-state index < -0.39 is 0 Å². The minimum Gasteiger partial charge on any atom is -0.452 e. The van der Waals surface area contributed by atoms with Crippen LogP contribution in [0.2, 0.25) is 0 Å². The number of methoxy groups -OCH3 is 1. The smallest absolute Gasteiger partial charge is 0.413 e. The topological polar surface area (TPSA) is 32.8 Å². The van der Waals surface area contributed by atoms with Crippen molar-refractivity contribution in [1.29, 1.82) is 0 Å². The monoisotopic (exact) mass is 250 g/mol. The quantitative estimate of drug-likeness (QED) is 0.823. The first kappa shape index (κ1) is 14.5. The van der Waals surface area contributed by atoms with E-state index in [4.69, 9.17) is 4.74 Å². The molecule has 0 aliphatic rings. The molecule has 0 unspecified atom stereocenters. The van der Waals surface area contributed by atoms with E-state index in [2.05, 4.69) is 17.9 Å². The van der Waals surface area contributed by atoms with Crippen LogP contribution in [-0.4, -0.2) is 38.7 Å². The molecule has 18 heavy (non-hydrogen) atoms. The van der Waals surface area contributed by atoms with Gasteiger partial charge in [-0.3, -0.25) is 4.90 Å². The maximum absolute atomic E-state index is 11.7. The molecule has 0 radical (unpaired) electrons. The summed E-state index contributed by atoms with van der Waals surface area (Å²) in [7, 11) is 5.47. The predicted octanol–water partition coefficient (Wildman–Crippen LogP) is 2.90. The number of benzene rings is 1. The number of ether oxygens (including phenoxy) is 1. The van der Waals surface area contributed by atoms with Crippen LogP contribution >= 0.6 is 0 Å². The molecular formula is C14H22N2O2. The van der Waals surface area contributed by atoms with Crippen LogP contribution in [0.3, 0.4) is 0 Å². The second-order valence-electron chi connectivity index (χ2n) is 4.45. The van der Waals surface area contributed by atoms with Crippen LogP contribution in [0.25, 0.3) is 0 Å². The highest BCUT2D eigenvalue weighted by molar-refractivity contribution is 5.87. The van der Waals surface area contributed by atoms with E-state index in [1.165, 1.54) is 12.7 Å². The van der Waals surface area contributed by atoms with Gasteiger partial charge < -0.3 is 9.64 Å². The molecule has 0 bridgehead atoms. The molecule has 1 atom stereocenters. The molecule has 0 aliphatic carbocycles. The number of hydrogen-bond donors (Lipinski definition) is 0. The first-order chi connectivity index (χ1) is 8.51. The minimum absolute atomic E-state index is 0.307. The van der Waals surface area contributed by atoms with E-state index in [9.17, 15) is 4.79 Å². The van der Waals surface area contributed by atoms with Gasteiger partial charge in [0, 0.05) is 18.3 Å². The van der Waals surface area contributed by atoms with Gasteiger partial charge in [0.2, 0.25) is 0 Å². The highest BCUT2D eigenvalue weighted by Crippen LogP contribution is 2.23. The van der Waals surface area contributed by atoms with E-state index >= 15 is 0 Å². The van der Waals surface area contributed by atoms with Crippen molar-refractivity contribution in [2.24, 2.45) is 0 Å². The third-order valence-corrected chi connectivity index (χ3v) is 3.15. The van der Waals surface area contributed by atoms with Gasteiger partial charge >= 0.3 is 6.09 Å². The van der Waals surface area contributed by atoms with Crippen LogP contribution in [-0.2, 0) is 4.74 Å². The summed E-state index contributed by atoms with van der Waals surface area (Å²) in [5, 5.41) is 0. The summed E-state index contributed by atoms with van der Waals surface area (Å²) in [5.41, 5.74) is 2.05. The number of amides is 1. The maximum atomic E-state index is 11.7. The number of rotatable bonds is 4. The van der Waals surface area contributed by atoms with Crippen molar-refractivity contribution < 1.29 is 9.53 Å². The zero-order valence-corrected chi connectivity index (χ0v) is 11.8. The van der Waals surface area contributed by atoms with E-state index in [0.717, 1.165) is 5.69 Å². The fourth-order valence-electron chi connectivity index (χ4n) is 1.78. The van der Waals surface area contributed by atoms with Gasteiger partial charge in [0.05, 0.1) is 7.11 Å². The van der Waals surface area contributed by atoms with Gasteiger partial charge in [-0.1, -0.05) is 12.1 Å². The molecule has 0 saturated carbocycles. The fraction of sp³-hybridized carbons (Fsp3) is 0.500. The Kier molecular flexibility index (Phi) is 5.16. The van der Waals surface area contributed by atoms with Crippen molar-refractivity contribution in [2.75, 3.05) is 32.6 Å². The molecule has 0 spiro atoms. The predicted molar refractivity (Wildman–Crippen MR) is 74.0 cm³/mol. The van der Waals surface area contributed by atoms with Crippen molar-refractivity contribution in [2.45, 2.75) is 19.9 Å². The SMILES string of the molecule is CCN(C(=O)OC)c1cccc([C@H](C)N(C)C)c1. The van der Waals surface area contributed by atoms with Crippen molar-refractivity contribution in [3.8, 4) is 0 Å². The van der Waals surface area contributed by atoms with Gasteiger partial charge in [-0.15, -0.1) is 0 Å². The molecule has 4 nitrogen and oxygen atoms in total. The van der Waals surface area contributed by atoms with Crippen molar-refractivity contribution >= 4 is 11.8 Å². The number of hydrogen-bond acceptors (Lipinski definition) is 3. The lowest BCUT2D eigenvalue weighted by Gasteiger charge is -2.23. The maximum Gasteiger partial charge on any atom is 0.413 e. The lowest BCUT2D eigenvalue weighted by Crippen LogP contribution is -2.30. The molecule has 0 saturated heterocycles. The first-order valence-electron chi connectivity index (χ1n) is 6.13. The van der Waals surface area contributed by atoms with Crippen LogP contribution in [0.5, 0.6) is 0 Å². The highest BCUT2D eigenvalue weighted by atomic mass is 16.5. The zero-order valence-electron chi connectivity index (χ0n) is 11.8. The summed E-state index contributed by atoms with van der Waals surface area (Å²) in [6.45, 7) is 4.65. The van der Waals surface area contributed by atoms with E-state index in [0.29, 0.717) is 12.6 Å². The lowest BCUT2D eigenvalue weighted by molar-refractivity contribution is 0.179. The van der Waals surface area contributed by atoms with Gasteiger partial charge in [0.1, 0.15) is 0 Å². The van der Waals surface area contributed by atoms with E-state index in [1.54, 1.807) is 4.90 Å². The molecule has 1 aromatic rings. The lowest BCUT2D eigenvalue weighted by atomic mass is 10.1. The van der Waals surface area contributed by atoms with Crippen LogP contribution in [0.4, 0.5) is 10.5 Å². The Morgan fingerprint density at radius 1 is 1.39 bits per heavy atom. The summed E-state index contributed by atoms with van der Waals surface area (Å²) >= 11 is 0. The Balaban J connectivity index is 3.03. The summed E-state index contributed by atoms with van der Waals surface area (Å²) in [4.78, 5) is 15.4. The molecule has 4 heteroatoms. The Hall–Kier alpha value is -1.55. The summed E-state index contributed by atoms with van der Waals surface area (Å²) < 4.78 is 4.78. The van der Waals surface area contributed by atoms with Crippen LogP contribution < -0.4 is 4.90 Å². The summed E-state index contributed by atoms with van der Waals surface area (Å²) in [6.07, 6.45) is -0.327. The third-order valence-electron chi connectivity index (χ3n) is 3.15. The van der Waals surface area contributed by atoms with Gasteiger partial charge in [-0.25, -0.2) is 4.79 Å². The average Bonchev–Trinajstić information content (AvgIpc) is 2.38. The zero-order chi connectivity index (χ0) is 13.7. The molecule has 0 aromatic heterocycles. The van der Waals surface area contributed by atoms with Crippen molar-refractivity contribution in [3.63, 3.8) is 0 Å². The number of carbonyl (C=O) groups is 1. The molecule has 1 rings (SSSR count). The van der Waals surface area contributed by atoms with Gasteiger partial charge in [-0.2, -0.15) is 0 Å². The average molecular weight is 250 g/mol. The standard InChI is InChI=1S/C14H22N2O2/c1-6-16(14(17)18-5)13-9-7-8-12(10-13)11(2)15(3)4/h7-11H,6H2,1-5H3/t11-/m0/s1. The molecular weight excluding hydrogens is 228 g/mol. The van der Waals surface area contributed by atoms with Crippen LogP contribution in [0.1, 0.15) is 25.5 Å². The second kappa shape index (κ2) is 6.40. The number of carbonyl (C=O) groups excluding carboxylic acids is 1. The fourth-order valence-corrected chi connectivity index (χ4v) is 1.78. The second-order valence-corrected chi connectivity index (χ2v) is 4.45. The minimum atomic E-state index is -0.327. The van der Waals surface area contributed by atoms with Crippen molar-refractivity contribution in [3.05, 3.63) is 29.8 Å².